The summed E-state index contributed by atoms with van der Waals surface area (Å²) >= 11 is 0. The van der Waals surface area contributed by atoms with Gasteiger partial charge in [-0.2, -0.15) is 0 Å². The Hall–Kier alpha value is -3.33. The van der Waals surface area contributed by atoms with Gasteiger partial charge >= 0.3 is 11.9 Å². The van der Waals surface area contributed by atoms with Gasteiger partial charge in [-0.05, 0) is 29.5 Å². The van der Waals surface area contributed by atoms with E-state index in [1.54, 1.807) is 0 Å². The monoisotopic (exact) mass is 781 g/mol. The van der Waals surface area contributed by atoms with Crippen LogP contribution in [0.4, 0.5) is 0 Å². The van der Waals surface area contributed by atoms with E-state index in [2.05, 4.69) is 6.92 Å². The van der Waals surface area contributed by atoms with E-state index in [9.17, 15) is 19.0 Å². The van der Waals surface area contributed by atoms with Gasteiger partial charge in [-0.15, -0.1) is 0 Å². The van der Waals surface area contributed by atoms with Crippen LogP contribution in [0.1, 0.15) is 120 Å². The summed E-state index contributed by atoms with van der Waals surface area (Å²) in [5.41, 5.74) is 3.11. The van der Waals surface area contributed by atoms with Crippen LogP contribution in [-0.2, 0) is 39.1 Å². The van der Waals surface area contributed by atoms with Gasteiger partial charge in [0.25, 0.3) is 7.82 Å². The zero-order valence-corrected chi connectivity index (χ0v) is 34.9. The molecular formula is C45H68NO8P. The van der Waals surface area contributed by atoms with Gasteiger partial charge in [0.1, 0.15) is 19.8 Å². The Morgan fingerprint density at radius 1 is 0.673 bits per heavy atom. The number of likely N-dealkylation sites (N-methyl/N-ethyl adjacent to an activating group) is 1. The first-order valence-electron chi connectivity index (χ1n) is 20.4. The quantitative estimate of drug-likeness (QED) is 0.0244. The zero-order chi connectivity index (χ0) is 40.0. The summed E-state index contributed by atoms with van der Waals surface area (Å²) in [6, 6.07) is 17.9. The van der Waals surface area contributed by atoms with Gasteiger partial charge in [-0.1, -0.05) is 175 Å². The van der Waals surface area contributed by atoms with Crippen LogP contribution in [0.5, 0.6) is 0 Å². The van der Waals surface area contributed by atoms with E-state index in [1.807, 2.05) is 112 Å². The maximum absolute atomic E-state index is 12.8. The molecule has 0 N–H and O–H groups in total. The predicted octanol–water partition coefficient (Wildman–Crippen LogP) is 10.0. The second-order valence-electron chi connectivity index (χ2n) is 15.1. The first kappa shape index (κ1) is 47.8. The van der Waals surface area contributed by atoms with Crippen molar-refractivity contribution in [3.8, 4) is 0 Å². The van der Waals surface area contributed by atoms with Crippen molar-refractivity contribution in [2.24, 2.45) is 0 Å². The first-order chi connectivity index (χ1) is 26.5. The number of unbranched alkanes of at least 4 members (excludes halogenated alkanes) is 12. The average molecular weight is 782 g/mol. The van der Waals surface area contributed by atoms with Crippen molar-refractivity contribution in [1.82, 2.24) is 0 Å². The average Bonchev–Trinajstić information content (AvgIpc) is 3.15. The molecule has 55 heavy (non-hydrogen) atoms. The van der Waals surface area contributed by atoms with Crippen molar-refractivity contribution in [3.05, 3.63) is 95.6 Å². The molecule has 9 nitrogen and oxygen atoms in total. The van der Waals surface area contributed by atoms with Gasteiger partial charge < -0.3 is 27.9 Å². The Labute approximate surface area is 332 Å². The number of benzene rings is 2. The normalized spacial score (nSPS) is 13.8. The molecule has 0 radical (unpaired) electrons. The minimum Gasteiger partial charge on any atom is -0.756 e. The molecule has 1 unspecified atom stereocenters. The molecule has 2 atom stereocenters. The lowest BCUT2D eigenvalue weighted by Crippen LogP contribution is -2.37. The van der Waals surface area contributed by atoms with E-state index >= 15 is 0 Å². The summed E-state index contributed by atoms with van der Waals surface area (Å²) < 4.78 is 33.9. The van der Waals surface area contributed by atoms with Crippen molar-refractivity contribution in [2.75, 3.05) is 47.5 Å². The summed E-state index contributed by atoms with van der Waals surface area (Å²) in [4.78, 5) is 37.8. The Balaban J connectivity index is 1.77. The molecule has 0 amide bonds. The van der Waals surface area contributed by atoms with Crippen molar-refractivity contribution >= 4 is 31.9 Å². The van der Waals surface area contributed by atoms with E-state index in [0.717, 1.165) is 29.5 Å². The molecule has 0 fully saturated rings. The fourth-order valence-corrected chi connectivity index (χ4v) is 6.34. The van der Waals surface area contributed by atoms with Crippen LogP contribution in [0.15, 0.2) is 78.9 Å². The highest BCUT2D eigenvalue weighted by molar-refractivity contribution is 7.45. The van der Waals surface area contributed by atoms with Crippen molar-refractivity contribution in [1.29, 1.82) is 0 Å². The molecule has 0 aliphatic rings. The highest BCUT2D eigenvalue weighted by Gasteiger charge is 2.22. The van der Waals surface area contributed by atoms with Gasteiger partial charge in [0.2, 0.25) is 0 Å². The fourth-order valence-electron chi connectivity index (χ4n) is 5.61. The van der Waals surface area contributed by atoms with Crippen LogP contribution in [0.25, 0.3) is 12.2 Å². The van der Waals surface area contributed by atoms with E-state index in [0.29, 0.717) is 23.9 Å². The number of phosphoric acid groups is 1. The third kappa shape index (κ3) is 27.0. The minimum atomic E-state index is -4.67. The van der Waals surface area contributed by atoms with Crippen LogP contribution < -0.4 is 4.89 Å². The molecule has 306 valence electrons. The molecule has 0 heterocycles. The van der Waals surface area contributed by atoms with Gasteiger partial charge in [-0.3, -0.25) is 14.2 Å². The van der Waals surface area contributed by atoms with E-state index in [-0.39, 0.29) is 26.1 Å². The van der Waals surface area contributed by atoms with Gasteiger partial charge in [0.05, 0.1) is 27.7 Å². The summed E-state index contributed by atoms with van der Waals surface area (Å²) in [7, 11) is 1.08. The number of nitrogens with zero attached hydrogens (tertiary/aromatic N) is 1. The van der Waals surface area contributed by atoms with Gasteiger partial charge in [-0.25, -0.2) is 0 Å². The molecule has 0 aromatic heterocycles. The largest absolute Gasteiger partial charge is 0.756 e. The highest BCUT2D eigenvalue weighted by Crippen LogP contribution is 2.38. The number of hydrogen-bond acceptors (Lipinski definition) is 8. The summed E-state index contributed by atoms with van der Waals surface area (Å²) in [5, 5.41) is 0. The lowest BCUT2D eigenvalue weighted by atomic mass is 10.0. The molecule has 0 bridgehead atoms. The van der Waals surface area contributed by atoms with Crippen LogP contribution in [0.3, 0.4) is 0 Å². The number of ether oxygens (including phenoxy) is 2. The molecule has 10 heteroatoms. The number of carbonyl (C=O) groups is 2. The van der Waals surface area contributed by atoms with Crippen LogP contribution in [0.2, 0.25) is 0 Å². The second kappa shape index (κ2) is 29.0. The molecule has 0 aliphatic carbocycles. The maximum Gasteiger partial charge on any atom is 0.306 e. The van der Waals surface area contributed by atoms with Crippen molar-refractivity contribution < 1.29 is 42.1 Å². The Morgan fingerprint density at radius 3 is 1.78 bits per heavy atom. The Bertz CT molecular complexity index is 1450. The third-order valence-corrected chi connectivity index (χ3v) is 9.91. The molecule has 0 spiro atoms. The molecule has 0 saturated carbocycles. The number of quaternary nitrogens is 1. The number of allylic oxidation sites excluding steroid dienone is 4. The van der Waals surface area contributed by atoms with Crippen molar-refractivity contribution in [2.45, 2.75) is 116 Å². The molecular weight excluding hydrogens is 713 g/mol. The van der Waals surface area contributed by atoms with Crippen LogP contribution in [-0.4, -0.2) is 70.0 Å². The summed E-state index contributed by atoms with van der Waals surface area (Å²) in [5.74, 6) is -0.965. The smallest absolute Gasteiger partial charge is 0.306 e. The standard InChI is InChI=1S/C45H68NO8P/c1-5-6-7-8-9-10-11-12-13-14-15-16-24-29-44(47)51-38-43(39-53-55(49,50)52-37-36-46(2,3)4)54-45(48)35-34-42-32-30-41(31-33-42)28-21-18-17-20-25-40-26-22-19-23-27-40/h17-23,25-28,30-33,43H,5-16,24,29,34-39H2,1-4H3/b18-17+,25-20+,28-21+/t43-/m1/s1. The van der Waals surface area contributed by atoms with Crippen molar-refractivity contribution in [3.63, 3.8) is 0 Å². The molecule has 2 rings (SSSR count). The molecule has 0 aliphatic heterocycles. The topological polar surface area (TPSA) is 111 Å². The maximum atomic E-state index is 12.8. The van der Waals surface area contributed by atoms with E-state index in [4.69, 9.17) is 18.5 Å². The number of carbonyl (C=O) groups excluding carboxylic acids is 2. The lowest BCUT2D eigenvalue weighted by molar-refractivity contribution is -0.870. The van der Waals surface area contributed by atoms with Gasteiger partial charge in [0.15, 0.2) is 6.10 Å². The molecule has 2 aromatic rings. The number of hydrogen-bond donors (Lipinski definition) is 0. The fraction of sp³-hybridized carbons (Fsp3) is 0.556. The summed E-state index contributed by atoms with van der Waals surface area (Å²) in [6.07, 6.45) is 27.3. The van der Waals surface area contributed by atoms with E-state index < -0.39 is 32.5 Å². The number of aryl methyl sites for hydroxylation is 1. The lowest BCUT2D eigenvalue weighted by Gasteiger charge is -2.28. The van der Waals surface area contributed by atoms with Crippen LogP contribution in [0, 0.1) is 0 Å². The highest BCUT2D eigenvalue weighted by atomic mass is 31.2. The minimum absolute atomic E-state index is 0.0553. The summed E-state index contributed by atoms with van der Waals surface area (Å²) in [6.45, 7) is 1.82. The first-order valence-corrected chi connectivity index (χ1v) is 21.8. The SMILES string of the molecule is CCCCCCCCCCCCCCCC(=O)OC[C@H](COP(=O)([O-])OCC[N+](C)(C)C)OC(=O)CCc1ccc(/C=C/C=C/C=C/c2ccccc2)cc1. The second-order valence-corrected chi connectivity index (χ2v) is 16.5. The third-order valence-electron chi connectivity index (χ3n) is 8.95. The predicted molar refractivity (Wildman–Crippen MR) is 222 cm³/mol. The molecule has 0 saturated heterocycles. The molecule has 2 aromatic carbocycles. The Kier molecular flexibility index (Phi) is 25.2. The number of esters is 2. The van der Waals surface area contributed by atoms with Gasteiger partial charge in [0, 0.05) is 12.8 Å². The van der Waals surface area contributed by atoms with Crippen LogP contribution >= 0.6 is 7.82 Å². The Morgan fingerprint density at radius 2 is 1.22 bits per heavy atom. The number of rotatable bonds is 31. The number of phosphoric ester groups is 1. The van der Waals surface area contributed by atoms with E-state index in [1.165, 1.54) is 64.2 Å². The zero-order valence-electron chi connectivity index (χ0n) is 34.0.